The van der Waals surface area contributed by atoms with Crippen molar-refractivity contribution in [1.29, 1.82) is 0 Å². The Balaban J connectivity index is 1.34. The fourth-order valence-corrected chi connectivity index (χ4v) is 17.8. The molecule has 6 aromatic rings. The molecule has 0 amide bonds. The molecule has 0 atom stereocenters. The molecule has 0 fully saturated rings. The highest BCUT2D eigenvalue weighted by Crippen LogP contribution is 2.51. The minimum absolute atomic E-state index is 0.0889. The van der Waals surface area contributed by atoms with Crippen molar-refractivity contribution in [2.75, 3.05) is 11.5 Å². The summed E-state index contributed by atoms with van der Waals surface area (Å²) in [6.07, 6.45) is 17.2. The van der Waals surface area contributed by atoms with E-state index >= 15 is 0 Å². The van der Waals surface area contributed by atoms with Gasteiger partial charge in [0, 0.05) is 48.8 Å². The molecule has 12 heteroatoms. The molecule has 314 valence electrons. The number of rotatable bonds is 25. The van der Waals surface area contributed by atoms with Crippen molar-refractivity contribution in [3.63, 3.8) is 0 Å². The first-order valence-electron chi connectivity index (χ1n) is 21.1. The molecular weight excluding hydrogens is 873 g/mol. The first kappa shape index (κ1) is 45.6. The molecule has 0 aromatic carbocycles. The number of hydrogen-bond donors (Lipinski definition) is 0. The molecule has 6 heterocycles. The molecule has 0 saturated carbocycles. The van der Waals surface area contributed by atoms with Gasteiger partial charge in [0.2, 0.25) is 0 Å². The minimum atomic E-state index is -3.65. The van der Waals surface area contributed by atoms with Gasteiger partial charge in [0.1, 0.15) is 0 Å². The van der Waals surface area contributed by atoms with E-state index in [0.717, 1.165) is 62.9 Å². The topological polar surface area (TPSA) is 68.3 Å². The summed E-state index contributed by atoms with van der Waals surface area (Å²) < 4.78 is 57.5. The molecule has 0 bridgehead atoms. The van der Waals surface area contributed by atoms with Gasteiger partial charge in [0.05, 0.1) is 31.1 Å². The van der Waals surface area contributed by atoms with Gasteiger partial charge >= 0.3 is 0 Å². The minimum Gasteiger partial charge on any atom is -0.224 e. The summed E-state index contributed by atoms with van der Waals surface area (Å²) in [7, 11) is -7.30. The molecular formula is C46H58O4S8. The maximum Gasteiger partial charge on any atom is 0.179 e. The normalized spacial score (nSPS) is 12.3. The van der Waals surface area contributed by atoms with Crippen LogP contribution < -0.4 is 0 Å². The third-order valence-electron chi connectivity index (χ3n) is 10.5. The Morgan fingerprint density at radius 1 is 0.362 bits per heavy atom. The average molecular weight is 932 g/mol. The van der Waals surface area contributed by atoms with Gasteiger partial charge in [0.15, 0.2) is 19.7 Å². The second kappa shape index (κ2) is 21.8. The SMILES string of the molecule is CCCCCCCCCCS(=O)(=O)c1cc(-c2ccc(-c3ccc(C)s3)s2)sc1-c1cc(S(=O)(=O)CCCCCCCCCC)c(-c2ccc(-c3ccc(C)s3)s2)s1. The second-order valence-electron chi connectivity index (χ2n) is 15.3. The summed E-state index contributed by atoms with van der Waals surface area (Å²) in [5, 5.41) is 0. The van der Waals surface area contributed by atoms with E-state index in [2.05, 4.69) is 70.2 Å². The molecule has 0 radical (unpaired) electrons. The molecule has 6 rings (SSSR count). The Morgan fingerprint density at radius 2 is 0.690 bits per heavy atom. The van der Waals surface area contributed by atoms with E-state index in [-0.39, 0.29) is 11.5 Å². The summed E-state index contributed by atoms with van der Waals surface area (Å²) in [6.45, 7) is 8.64. The largest absolute Gasteiger partial charge is 0.224 e. The molecule has 0 saturated heterocycles. The van der Waals surface area contributed by atoms with Gasteiger partial charge in [-0.15, -0.1) is 68.0 Å². The van der Waals surface area contributed by atoms with Crippen molar-refractivity contribution < 1.29 is 16.8 Å². The zero-order valence-electron chi connectivity index (χ0n) is 34.4. The highest BCUT2D eigenvalue weighted by atomic mass is 32.2. The number of thiophene rings is 6. The third kappa shape index (κ3) is 12.1. The smallest absolute Gasteiger partial charge is 0.179 e. The van der Waals surface area contributed by atoms with Crippen molar-refractivity contribution in [1.82, 2.24) is 0 Å². The van der Waals surface area contributed by atoms with Crippen LogP contribution in [0, 0.1) is 13.8 Å². The Morgan fingerprint density at radius 3 is 1.14 bits per heavy atom. The lowest BCUT2D eigenvalue weighted by atomic mass is 10.1. The highest BCUT2D eigenvalue weighted by molar-refractivity contribution is 7.92. The Bertz CT molecular complexity index is 2410. The lowest BCUT2D eigenvalue weighted by Gasteiger charge is -2.06. The standard InChI is InChI=1S/C46H58O4S8/c1-5-7-9-11-13-15-17-19-29-57(47,48)43-31-41(39-26-25-37(53-39)35-23-21-33(3)51-35)55-46(43)42-32-44(58(49,50)30-20-18-16-14-12-10-8-6-2)45(56-42)40-28-27-38(54-40)36-24-22-34(4)52-36/h21-28,31-32H,5-20,29-30H2,1-4H3. The third-order valence-corrected chi connectivity index (χ3v) is 21.8. The van der Waals surface area contributed by atoms with Crippen molar-refractivity contribution in [2.24, 2.45) is 0 Å². The highest BCUT2D eigenvalue weighted by Gasteiger charge is 2.30. The van der Waals surface area contributed by atoms with Gasteiger partial charge in [-0.3, -0.25) is 0 Å². The van der Waals surface area contributed by atoms with Crippen LogP contribution in [0.5, 0.6) is 0 Å². The fraction of sp³-hybridized carbons (Fsp3) is 0.478. The van der Waals surface area contributed by atoms with Gasteiger partial charge in [-0.05, 0) is 87.4 Å². The van der Waals surface area contributed by atoms with E-state index in [1.807, 2.05) is 12.1 Å². The van der Waals surface area contributed by atoms with Gasteiger partial charge in [-0.25, -0.2) is 16.8 Å². The van der Waals surface area contributed by atoms with Crippen LogP contribution in [0.15, 0.2) is 70.5 Å². The van der Waals surface area contributed by atoms with Crippen molar-refractivity contribution in [3.05, 3.63) is 70.4 Å². The Hall–Kier alpha value is -1.90. The maximum atomic E-state index is 14.4. The van der Waals surface area contributed by atoms with E-state index in [0.29, 0.717) is 37.3 Å². The van der Waals surface area contributed by atoms with Crippen LogP contribution in [0.1, 0.15) is 126 Å². The van der Waals surface area contributed by atoms with E-state index in [1.54, 1.807) is 51.4 Å². The fourth-order valence-electron chi connectivity index (χ4n) is 7.19. The lowest BCUT2D eigenvalue weighted by molar-refractivity contribution is 0.572. The van der Waals surface area contributed by atoms with Crippen LogP contribution in [0.3, 0.4) is 0 Å². The van der Waals surface area contributed by atoms with Gasteiger partial charge in [0.25, 0.3) is 0 Å². The van der Waals surface area contributed by atoms with E-state index in [9.17, 15) is 16.8 Å². The van der Waals surface area contributed by atoms with Crippen molar-refractivity contribution in [3.8, 4) is 48.8 Å². The zero-order chi connectivity index (χ0) is 41.1. The summed E-state index contributed by atoms with van der Waals surface area (Å²) in [4.78, 5) is 12.7. The van der Waals surface area contributed by atoms with Gasteiger partial charge < -0.3 is 0 Å². The molecule has 0 spiro atoms. The van der Waals surface area contributed by atoms with Crippen molar-refractivity contribution in [2.45, 2.75) is 140 Å². The van der Waals surface area contributed by atoms with Gasteiger partial charge in [-0.2, -0.15) is 0 Å². The summed E-state index contributed by atoms with van der Waals surface area (Å²) in [6, 6.07) is 20.5. The molecule has 6 aromatic heterocycles. The van der Waals surface area contributed by atoms with Crippen LogP contribution in [0.25, 0.3) is 48.8 Å². The molecule has 0 unspecified atom stereocenters. The monoisotopic (exact) mass is 930 g/mol. The average Bonchev–Trinajstić information content (AvgIpc) is 4.04. The maximum absolute atomic E-state index is 14.4. The predicted molar refractivity (Wildman–Crippen MR) is 260 cm³/mol. The number of unbranched alkanes of at least 4 members (excludes halogenated alkanes) is 14. The lowest BCUT2D eigenvalue weighted by Crippen LogP contribution is -2.07. The Kier molecular flexibility index (Phi) is 17.1. The second-order valence-corrected chi connectivity index (χ2v) is 26.3. The summed E-state index contributed by atoms with van der Waals surface area (Å²) in [5.74, 6) is 0.179. The molecule has 58 heavy (non-hydrogen) atoms. The van der Waals surface area contributed by atoms with E-state index < -0.39 is 19.7 Å². The molecule has 0 aliphatic carbocycles. The molecule has 0 aliphatic heterocycles. The zero-order valence-corrected chi connectivity index (χ0v) is 40.9. The predicted octanol–water partition coefficient (Wildman–Crippen LogP) is 16.8. The number of sulfone groups is 2. The van der Waals surface area contributed by atoms with Crippen LogP contribution in [-0.2, 0) is 19.7 Å². The Labute approximate surface area is 372 Å². The molecule has 0 N–H and O–H groups in total. The van der Waals surface area contributed by atoms with Gasteiger partial charge in [-0.1, -0.05) is 104 Å². The van der Waals surface area contributed by atoms with E-state index in [4.69, 9.17) is 0 Å². The molecule has 0 aliphatic rings. The van der Waals surface area contributed by atoms with E-state index in [1.165, 1.54) is 93.5 Å². The van der Waals surface area contributed by atoms with Crippen LogP contribution >= 0.6 is 68.0 Å². The number of hydrogen-bond acceptors (Lipinski definition) is 10. The molecule has 4 nitrogen and oxygen atoms in total. The quantitative estimate of drug-likeness (QED) is 0.0536. The summed E-state index contributed by atoms with van der Waals surface area (Å²) >= 11 is 9.70. The first-order valence-corrected chi connectivity index (χ1v) is 29.3. The van der Waals surface area contributed by atoms with Crippen LogP contribution in [0.4, 0.5) is 0 Å². The van der Waals surface area contributed by atoms with Crippen LogP contribution in [0.2, 0.25) is 0 Å². The number of aryl methyl sites for hydroxylation is 2. The summed E-state index contributed by atoms with van der Waals surface area (Å²) in [5.41, 5.74) is 0. The van der Waals surface area contributed by atoms with Crippen LogP contribution in [-0.4, -0.2) is 28.3 Å². The first-order chi connectivity index (χ1) is 28.0. The van der Waals surface area contributed by atoms with Crippen molar-refractivity contribution >= 4 is 87.7 Å².